The molecule has 0 bridgehead atoms. The maximum absolute atomic E-state index is 12.3. The third-order valence-corrected chi connectivity index (χ3v) is 9.56. The molecule has 0 unspecified atom stereocenters. The van der Waals surface area contributed by atoms with Crippen molar-refractivity contribution >= 4 is 11.9 Å². The first-order valence-corrected chi connectivity index (χ1v) is 15.2. The Bertz CT molecular complexity index is 711. The van der Waals surface area contributed by atoms with Crippen molar-refractivity contribution in [3.05, 3.63) is 24.3 Å². The lowest BCUT2D eigenvalue weighted by atomic mass is 9.62. The molecule has 0 aromatic heterocycles. The van der Waals surface area contributed by atoms with E-state index >= 15 is 0 Å². The number of unbranched alkanes of at least 4 members (excludes halogenated alkanes) is 4. The molecule has 218 valence electrons. The minimum Gasteiger partial charge on any atom is -0.462 e. The SMILES string of the molecule is C=C(CO)C(=O)OCC(CC)(COC(=O)C(=C)CO)C1CCC(C2CCC(CCCCCCC)CC2)CC1. The number of hydrogen-bond acceptors (Lipinski definition) is 6. The standard InChI is InChI=1S/C32H54O6/c1-5-7-8-9-10-11-26-12-14-27(15-13-26)28-16-18-29(19-17-28)32(6-2,22-37-30(35)24(3)20-33)23-38-31(36)25(4)21-34/h26-29,33-34H,3-23H2,1-2H3. The van der Waals surface area contributed by atoms with Gasteiger partial charge in [-0.2, -0.15) is 0 Å². The van der Waals surface area contributed by atoms with Gasteiger partial charge >= 0.3 is 11.9 Å². The van der Waals surface area contributed by atoms with Gasteiger partial charge in [0.1, 0.15) is 13.2 Å². The van der Waals surface area contributed by atoms with Crippen LogP contribution in [0.2, 0.25) is 0 Å². The first-order valence-electron chi connectivity index (χ1n) is 15.2. The summed E-state index contributed by atoms with van der Waals surface area (Å²) >= 11 is 0. The fourth-order valence-corrected chi connectivity index (χ4v) is 6.71. The predicted octanol–water partition coefficient (Wildman–Crippen LogP) is 6.54. The number of ether oxygens (including phenoxy) is 2. The summed E-state index contributed by atoms with van der Waals surface area (Å²) in [5.41, 5.74) is -0.487. The van der Waals surface area contributed by atoms with Crippen LogP contribution in [0, 0.1) is 29.1 Å². The summed E-state index contributed by atoms with van der Waals surface area (Å²) in [7, 11) is 0. The predicted molar refractivity (Wildman–Crippen MR) is 151 cm³/mol. The van der Waals surface area contributed by atoms with Crippen LogP contribution in [0.25, 0.3) is 0 Å². The third-order valence-electron chi connectivity index (χ3n) is 9.56. The summed E-state index contributed by atoms with van der Waals surface area (Å²) in [5, 5.41) is 18.5. The molecule has 6 nitrogen and oxygen atoms in total. The fourth-order valence-electron chi connectivity index (χ4n) is 6.71. The van der Waals surface area contributed by atoms with Gasteiger partial charge in [-0.1, -0.05) is 78.4 Å². The van der Waals surface area contributed by atoms with Gasteiger partial charge in [0.2, 0.25) is 0 Å². The van der Waals surface area contributed by atoms with Crippen molar-refractivity contribution in [2.45, 2.75) is 110 Å². The van der Waals surface area contributed by atoms with Crippen LogP contribution in [-0.2, 0) is 19.1 Å². The molecular formula is C32H54O6. The van der Waals surface area contributed by atoms with Crippen LogP contribution in [0.15, 0.2) is 24.3 Å². The second kappa shape index (κ2) is 17.1. The van der Waals surface area contributed by atoms with E-state index in [1.807, 2.05) is 6.92 Å². The van der Waals surface area contributed by atoms with Crippen LogP contribution in [0.1, 0.15) is 110 Å². The highest BCUT2D eigenvalue weighted by atomic mass is 16.5. The van der Waals surface area contributed by atoms with E-state index in [1.165, 1.54) is 64.2 Å². The number of carbonyl (C=O) groups is 2. The Morgan fingerprint density at radius 3 is 1.66 bits per heavy atom. The molecule has 38 heavy (non-hydrogen) atoms. The molecule has 2 rings (SSSR count). The molecule has 0 atom stereocenters. The number of aliphatic hydroxyl groups excluding tert-OH is 2. The van der Waals surface area contributed by atoms with E-state index in [-0.39, 0.29) is 30.3 Å². The van der Waals surface area contributed by atoms with E-state index in [4.69, 9.17) is 9.47 Å². The minimum absolute atomic E-state index is 0.0147. The van der Waals surface area contributed by atoms with Gasteiger partial charge in [-0.05, 0) is 68.6 Å². The number of carbonyl (C=O) groups excluding carboxylic acids is 2. The Morgan fingerprint density at radius 1 is 0.737 bits per heavy atom. The molecule has 0 saturated heterocycles. The molecule has 0 aromatic carbocycles. The highest BCUT2D eigenvalue weighted by molar-refractivity contribution is 5.88. The van der Waals surface area contributed by atoms with E-state index in [1.54, 1.807) is 0 Å². The molecule has 0 aliphatic heterocycles. The second-order valence-corrected chi connectivity index (χ2v) is 12.0. The molecule has 0 amide bonds. The van der Waals surface area contributed by atoms with Gasteiger partial charge in [-0.15, -0.1) is 0 Å². The van der Waals surface area contributed by atoms with Crippen LogP contribution in [-0.4, -0.2) is 48.6 Å². The molecule has 6 heteroatoms. The van der Waals surface area contributed by atoms with E-state index in [9.17, 15) is 19.8 Å². The molecule has 0 radical (unpaired) electrons. The monoisotopic (exact) mass is 534 g/mol. The molecule has 2 fully saturated rings. The number of rotatable bonds is 17. The average molecular weight is 535 g/mol. The molecule has 0 heterocycles. The maximum atomic E-state index is 12.3. The van der Waals surface area contributed by atoms with E-state index in [0.717, 1.165) is 43.4 Å². The number of aliphatic hydroxyl groups is 2. The van der Waals surface area contributed by atoms with Gasteiger partial charge < -0.3 is 19.7 Å². The Kier molecular flexibility index (Phi) is 14.7. The van der Waals surface area contributed by atoms with Crippen molar-refractivity contribution in [3.8, 4) is 0 Å². The molecule has 0 aromatic rings. The first-order chi connectivity index (χ1) is 18.3. The average Bonchev–Trinajstić information content (AvgIpc) is 2.96. The van der Waals surface area contributed by atoms with Crippen molar-refractivity contribution in [2.24, 2.45) is 29.1 Å². The molecule has 0 spiro atoms. The Hall–Kier alpha value is -1.66. The highest BCUT2D eigenvalue weighted by Gasteiger charge is 2.43. The first kappa shape index (κ1) is 32.6. The van der Waals surface area contributed by atoms with Gasteiger partial charge in [0.25, 0.3) is 0 Å². The van der Waals surface area contributed by atoms with Gasteiger partial charge in [0.15, 0.2) is 0 Å². The summed E-state index contributed by atoms with van der Waals surface area (Å²) in [6.07, 6.45) is 18.8. The molecule has 2 N–H and O–H groups in total. The summed E-state index contributed by atoms with van der Waals surface area (Å²) in [6.45, 7) is 10.8. The molecular weight excluding hydrogens is 480 g/mol. The normalized spacial score (nSPS) is 24.0. The maximum Gasteiger partial charge on any atom is 0.335 e. The minimum atomic E-state index is -0.618. The zero-order valence-electron chi connectivity index (χ0n) is 24.2. The highest BCUT2D eigenvalue weighted by Crippen LogP contribution is 2.48. The zero-order chi connectivity index (χ0) is 28.0. The summed E-state index contributed by atoms with van der Waals surface area (Å²) in [5.74, 6) is 1.51. The topological polar surface area (TPSA) is 93.1 Å². The fraction of sp³-hybridized carbons (Fsp3) is 0.812. The van der Waals surface area contributed by atoms with Gasteiger partial charge in [0.05, 0.1) is 24.4 Å². The lowest BCUT2D eigenvalue weighted by molar-refractivity contribution is -0.154. The van der Waals surface area contributed by atoms with Gasteiger partial charge in [-0.25, -0.2) is 9.59 Å². The zero-order valence-corrected chi connectivity index (χ0v) is 24.2. The van der Waals surface area contributed by atoms with Crippen LogP contribution >= 0.6 is 0 Å². The lowest BCUT2D eigenvalue weighted by Gasteiger charge is -2.45. The summed E-state index contributed by atoms with van der Waals surface area (Å²) in [6, 6.07) is 0. The summed E-state index contributed by atoms with van der Waals surface area (Å²) < 4.78 is 11.1. The molecule has 2 saturated carbocycles. The Morgan fingerprint density at radius 2 is 1.21 bits per heavy atom. The lowest BCUT2D eigenvalue weighted by Crippen LogP contribution is -2.43. The van der Waals surface area contributed by atoms with Crippen LogP contribution in [0.5, 0.6) is 0 Å². The molecule has 2 aliphatic rings. The van der Waals surface area contributed by atoms with E-state index in [2.05, 4.69) is 20.1 Å². The van der Waals surface area contributed by atoms with Gasteiger partial charge in [0, 0.05) is 5.41 Å². The van der Waals surface area contributed by atoms with Crippen LogP contribution in [0.3, 0.4) is 0 Å². The van der Waals surface area contributed by atoms with Crippen molar-refractivity contribution in [2.75, 3.05) is 26.4 Å². The second-order valence-electron chi connectivity index (χ2n) is 12.0. The molecule has 2 aliphatic carbocycles. The quantitative estimate of drug-likeness (QED) is 0.125. The van der Waals surface area contributed by atoms with Crippen molar-refractivity contribution in [3.63, 3.8) is 0 Å². The summed E-state index contributed by atoms with van der Waals surface area (Å²) in [4.78, 5) is 24.5. The van der Waals surface area contributed by atoms with Crippen molar-refractivity contribution in [1.29, 1.82) is 0 Å². The third kappa shape index (κ3) is 9.82. The van der Waals surface area contributed by atoms with E-state index < -0.39 is 30.6 Å². The van der Waals surface area contributed by atoms with E-state index in [0.29, 0.717) is 6.42 Å². The largest absolute Gasteiger partial charge is 0.462 e. The van der Waals surface area contributed by atoms with Gasteiger partial charge in [-0.3, -0.25) is 0 Å². The number of hydrogen-bond donors (Lipinski definition) is 2. The Balaban J connectivity index is 1.92. The van der Waals surface area contributed by atoms with Crippen LogP contribution in [0.4, 0.5) is 0 Å². The smallest absolute Gasteiger partial charge is 0.335 e. The van der Waals surface area contributed by atoms with Crippen molar-refractivity contribution in [1.82, 2.24) is 0 Å². The Labute approximate surface area is 231 Å². The van der Waals surface area contributed by atoms with Crippen molar-refractivity contribution < 1.29 is 29.3 Å². The van der Waals surface area contributed by atoms with Crippen LogP contribution < -0.4 is 0 Å². The number of esters is 2.